The van der Waals surface area contributed by atoms with Gasteiger partial charge in [0.25, 0.3) is 0 Å². The van der Waals surface area contributed by atoms with Gasteiger partial charge in [0.15, 0.2) is 0 Å². The van der Waals surface area contributed by atoms with Gasteiger partial charge in [-0.15, -0.1) is 0 Å². The SMILES string of the molecule is CCN(C1CNC1)C1CCCc2ccccc21. The van der Waals surface area contributed by atoms with E-state index in [-0.39, 0.29) is 0 Å². The first-order chi connectivity index (χ1) is 8.40. The van der Waals surface area contributed by atoms with Crippen molar-refractivity contribution in [2.75, 3.05) is 19.6 Å². The lowest BCUT2D eigenvalue weighted by atomic mass is 9.85. The second kappa shape index (κ2) is 4.79. The molecule has 2 aliphatic rings. The number of hydrogen-bond acceptors (Lipinski definition) is 2. The molecule has 0 bridgehead atoms. The van der Waals surface area contributed by atoms with Crippen LogP contribution in [0.1, 0.15) is 36.9 Å². The fourth-order valence-electron chi connectivity index (χ4n) is 3.31. The third kappa shape index (κ3) is 2.00. The van der Waals surface area contributed by atoms with E-state index < -0.39 is 0 Å². The molecule has 1 N–H and O–H groups in total. The number of nitrogens with zero attached hydrogens (tertiary/aromatic N) is 1. The molecule has 0 amide bonds. The number of rotatable bonds is 3. The molecule has 3 rings (SSSR count). The Hall–Kier alpha value is -0.860. The first-order valence-electron chi connectivity index (χ1n) is 6.94. The van der Waals surface area contributed by atoms with Crippen LogP contribution in [-0.2, 0) is 6.42 Å². The molecule has 17 heavy (non-hydrogen) atoms. The molecule has 1 aliphatic heterocycles. The summed E-state index contributed by atoms with van der Waals surface area (Å²) in [5.41, 5.74) is 3.17. The summed E-state index contributed by atoms with van der Waals surface area (Å²) in [7, 11) is 0. The summed E-state index contributed by atoms with van der Waals surface area (Å²) in [5.74, 6) is 0. The summed E-state index contributed by atoms with van der Waals surface area (Å²) >= 11 is 0. The topological polar surface area (TPSA) is 15.3 Å². The van der Waals surface area contributed by atoms with E-state index in [4.69, 9.17) is 0 Å². The molecule has 1 aromatic carbocycles. The fourth-order valence-corrected chi connectivity index (χ4v) is 3.31. The minimum Gasteiger partial charge on any atom is -0.314 e. The normalized spacial score (nSPS) is 24.5. The van der Waals surface area contributed by atoms with E-state index in [1.54, 1.807) is 11.1 Å². The van der Waals surface area contributed by atoms with E-state index in [1.165, 1.54) is 38.9 Å². The largest absolute Gasteiger partial charge is 0.314 e. The predicted octanol–water partition coefficient (Wildman–Crippen LogP) is 2.36. The molecule has 2 heteroatoms. The lowest BCUT2D eigenvalue weighted by Crippen LogP contribution is -2.58. The fraction of sp³-hybridized carbons (Fsp3) is 0.600. The second-order valence-corrected chi connectivity index (χ2v) is 5.25. The molecule has 0 aromatic heterocycles. The van der Waals surface area contributed by atoms with Gasteiger partial charge in [0.1, 0.15) is 0 Å². The van der Waals surface area contributed by atoms with E-state index in [9.17, 15) is 0 Å². The van der Waals surface area contributed by atoms with Crippen molar-refractivity contribution in [3.05, 3.63) is 35.4 Å². The quantitative estimate of drug-likeness (QED) is 0.857. The molecule has 1 unspecified atom stereocenters. The Morgan fingerprint density at radius 3 is 2.82 bits per heavy atom. The Kier molecular flexibility index (Phi) is 3.17. The highest BCUT2D eigenvalue weighted by Gasteiger charge is 2.32. The molecule has 0 radical (unpaired) electrons. The third-order valence-electron chi connectivity index (χ3n) is 4.33. The van der Waals surface area contributed by atoms with Gasteiger partial charge in [-0.1, -0.05) is 31.2 Å². The molecular formula is C15H22N2. The summed E-state index contributed by atoms with van der Waals surface area (Å²) in [6, 6.07) is 10.5. The number of aryl methyl sites for hydroxylation is 1. The van der Waals surface area contributed by atoms with Crippen LogP contribution in [0, 0.1) is 0 Å². The van der Waals surface area contributed by atoms with Gasteiger partial charge in [0.2, 0.25) is 0 Å². The zero-order valence-corrected chi connectivity index (χ0v) is 10.7. The average Bonchev–Trinajstić information content (AvgIpc) is 2.33. The zero-order chi connectivity index (χ0) is 11.7. The van der Waals surface area contributed by atoms with Crippen molar-refractivity contribution >= 4 is 0 Å². The van der Waals surface area contributed by atoms with E-state index in [2.05, 4.69) is 41.4 Å². The number of likely N-dealkylation sites (N-methyl/N-ethyl adjacent to an activating group) is 1. The lowest BCUT2D eigenvalue weighted by Gasteiger charge is -2.44. The van der Waals surface area contributed by atoms with Crippen LogP contribution in [0.5, 0.6) is 0 Å². The number of hydrogen-bond donors (Lipinski definition) is 1. The Morgan fingerprint density at radius 1 is 1.29 bits per heavy atom. The lowest BCUT2D eigenvalue weighted by molar-refractivity contribution is 0.0907. The smallest absolute Gasteiger partial charge is 0.0354 e. The summed E-state index contributed by atoms with van der Waals surface area (Å²) in [4.78, 5) is 2.70. The van der Waals surface area contributed by atoms with Gasteiger partial charge in [0, 0.05) is 25.2 Å². The molecule has 1 fully saturated rings. The highest BCUT2D eigenvalue weighted by atomic mass is 15.3. The van der Waals surface area contributed by atoms with E-state index in [0.717, 1.165) is 6.04 Å². The standard InChI is InChI=1S/C15H22N2/c1-2-17(13-10-16-11-13)15-9-5-7-12-6-3-4-8-14(12)15/h3-4,6,8,13,15-16H,2,5,7,9-11H2,1H3. The Morgan fingerprint density at radius 2 is 2.12 bits per heavy atom. The first-order valence-corrected chi connectivity index (χ1v) is 6.94. The van der Waals surface area contributed by atoms with Gasteiger partial charge < -0.3 is 5.32 Å². The van der Waals surface area contributed by atoms with Crippen LogP contribution in [0.2, 0.25) is 0 Å². The van der Waals surface area contributed by atoms with Crippen molar-refractivity contribution in [2.45, 2.75) is 38.3 Å². The number of benzene rings is 1. The van der Waals surface area contributed by atoms with E-state index in [0.29, 0.717) is 6.04 Å². The summed E-state index contributed by atoms with van der Waals surface area (Å²) in [6.07, 6.45) is 3.95. The van der Waals surface area contributed by atoms with Crippen molar-refractivity contribution in [3.63, 3.8) is 0 Å². The molecule has 1 atom stereocenters. The van der Waals surface area contributed by atoms with E-state index in [1.807, 2.05) is 0 Å². The highest BCUT2D eigenvalue weighted by Crippen LogP contribution is 2.35. The highest BCUT2D eigenvalue weighted by molar-refractivity contribution is 5.32. The van der Waals surface area contributed by atoms with Crippen LogP contribution >= 0.6 is 0 Å². The molecule has 0 saturated carbocycles. The third-order valence-corrected chi connectivity index (χ3v) is 4.33. The van der Waals surface area contributed by atoms with Crippen molar-refractivity contribution < 1.29 is 0 Å². The van der Waals surface area contributed by atoms with Crippen LogP contribution in [0.15, 0.2) is 24.3 Å². The van der Waals surface area contributed by atoms with Crippen LogP contribution in [0.25, 0.3) is 0 Å². The van der Waals surface area contributed by atoms with Gasteiger partial charge in [0.05, 0.1) is 0 Å². The van der Waals surface area contributed by atoms with Gasteiger partial charge in [-0.25, -0.2) is 0 Å². The van der Waals surface area contributed by atoms with Crippen LogP contribution in [0.3, 0.4) is 0 Å². The van der Waals surface area contributed by atoms with Gasteiger partial charge in [-0.3, -0.25) is 4.90 Å². The Bertz CT molecular complexity index is 384. The molecular weight excluding hydrogens is 208 g/mol. The molecule has 1 saturated heterocycles. The number of fused-ring (bicyclic) bond motifs is 1. The average molecular weight is 230 g/mol. The first kappa shape index (κ1) is 11.2. The minimum atomic E-state index is 0.664. The van der Waals surface area contributed by atoms with Gasteiger partial charge in [-0.2, -0.15) is 0 Å². The Labute approximate surface area is 104 Å². The van der Waals surface area contributed by atoms with Crippen LogP contribution < -0.4 is 5.32 Å². The Balaban J connectivity index is 1.87. The molecule has 2 nitrogen and oxygen atoms in total. The maximum absolute atomic E-state index is 3.40. The van der Waals surface area contributed by atoms with Crippen molar-refractivity contribution in [1.29, 1.82) is 0 Å². The van der Waals surface area contributed by atoms with Gasteiger partial charge in [-0.05, 0) is 36.9 Å². The number of nitrogens with one attached hydrogen (secondary N) is 1. The molecule has 1 aromatic rings. The van der Waals surface area contributed by atoms with Crippen molar-refractivity contribution in [1.82, 2.24) is 10.2 Å². The maximum Gasteiger partial charge on any atom is 0.0354 e. The van der Waals surface area contributed by atoms with Crippen LogP contribution in [0.4, 0.5) is 0 Å². The molecule has 1 heterocycles. The second-order valence-electron chi connectivity index (χ2n) is 5.25. The monoisotopic (exact) mass is 230 g/mol. The zero-order valence-electron chi connectivity index (χ0n) is 10.7. The predicted molar refractivity (Wildman–Crippen MR) is 71.2 cm³/mol. The maximum atomic E-state index is 3.40. The molecule has 92 valence electrons. The van der Waals surface area contributed by atoms with Crippen molar-refractivity contribution in [3.8, 4) is 0 Å². The summed E-state index contributed by atoms with van der Waals surface area (Å²) in [6.45, 7) is 5.82. The van der Waals surface area contributed by atoms with Crippen LogP contribution in [-0.4, -0.2) is 30.6 Å². The summed E-state index contributed by atoms with van der Waals surface area (Å²) < 4.78 is 0. The molecule has 1 aliphatic carbocycles. The van der Waals surface area contributed by atoms with E-state index >= 15 is 0 Å². The molecule has 0 spiro atoms. The summed E-state index contributed by atoms with van der Waals surface area (Å²) in [5, 5.41) is 3.40. The van der Waals surface area contributed by atoms with Gasteiger partial charge >= 0.3 is 0 Å². The van der Waals surface area contributed by atoms with Crippen molar-refractivity contribution in [2.24, 2.45) is 0 Å². The minimum absolute atomic E-state index is 0.664.